The normalized spacial score (nSPS) is 19.5. The molecule has 2 aromatic carbocycles. The van der Waals surface area contributed by atoms with Gasteiger partial charge in [-0.2, -0.15) is 0 Å². The Hall–Kier alpha value is -2.17. The molecule has 1 aliphatic rings. The summed E-state index contributed by atoms with van der Waals surface area (Å²) in [6.07, 6.45) is -0.211. The number of esters is 1. The van der Waals surface area contributed by atoms with E-state index in [-0.39, 0.29) is 18.7 Å². The summed E-state index contributed by atoms with van der Waals surface area (Å²) in [5, 5.41) is 0. The molecule has 0 saturated carbocycles. The summed E-state index contributed by atoms with van der Waals surface area (Å²) in [5.74, 6) is -0.952. The zero-order valence-corrected chi connectivity index (χ0v) is 13.3. The Morgan fingerprint density at radius 2 is 1.74 bits per heavy atom. The first-order valence-corrected chi connectivity index (χ1v) is 7.68. The van der Waals surface area contributed by atoms with Crippen LogP contribution in [0.5, 0.6) is 0 Å². The van der Waals surface area contributed by atoms with E-state index in [9.17, 15) is 4.79 Å². The largest absolute Gasteiger partial charge is 0.459 e. The van der Waals surface area contributed by atoms with Crippen LogP contribution >= 0.6 is 0 Å². The Bertz CT molecular complexity index is 662. The molecule has 4 nitrogen and oxygen atoms in total. The minimum Gasteiger partial charge on any atom is -0.459 e. The molecule has 4 heteroatoms. The minimum absolute atomic E-state index is 0.197. The summed E-state index contributed by atoms with van der Waals surface area (Å²) in [5.41, 5.74) is 2.71. The second kappa shape index (κ2) is 6.52. The molecule has 0 radical (unpaired) electrons. The van der Waals surface area contributed by atoms with Gasteiger partial charge in [0, 0.05) is 0 Å². The summed E-state index contributed by atoms with van der Waals surface area (Å²) in [6, 6.07) is 17.4. The van der Waals surface area contributed by atoms with Crippen molar-refractivity contribution in [2.45, 2.75) is 25.7 Å². The molecule has 1 aliphatic heterocycles. The highest BCUT2D eigenvalue weighted by molar-refractivity contribution is 5.90. The summed E-state index contributed by atoms with van der Waals surface area (Å²) in [6.45, 7) is 4.32. The molecule has 1 fully saturated rings. The number of hydrogen-bond donors (Lipinski definition) is 0. The van der Waals surface area contributed by atoms with E-state index in [1.54, 1.807) is 12.1 Å². The zero-order chi connectivity index (χ0) is 16.3. The van der Waals surface area contributed by atoms with Crippen molar-refractivity contribution in [3.8, 4) is 11.1 Å². The quantitative estimate of drug-likeness (QED) is 0.808. The topological polar surface area (TPSA) is 44.8 Å². The average molecular weight is 312 g/mol. The standard InChI is InChI=1S/C19H20O4/c1-19(2)22-13-17(23-19)12-21-18(20)16-10-8-15(9-11-16)14-6-4-3-5-7-14/h3-11,17H,12-13H2,1-2H3/t17-/m1/s1. The lowest BCUT2D eigenvalue weighted by atomic mass is 10.0. The lowest BCUT2D eigenvalue weighted by Crippen LogP contribution is -2.25. The molecule has 23 heavy (non-hydrogen) atoms. The van der Waals surface area contributed by atoms with Crippen LogP contribution in [0.2, 0.25) is 0 Å². The van der Waals surface area contributed by atoms with Gasteiger partial charge in [-0.25, -0.2) is 4.79 Å². The van der Waals surface area contributed by atoms with Crippen LogP contribution in [-0.2, 0) is 14.2 Å². The van der Waals surface area contributed by atoms with E-state index in [1.165, 1.54) is 0 Å². The molecule has 0 aliphatic carbocycles. The van der Waals surface area contributed by atoms with Gasteiger partial charge >= 0.3 is 5.97 Å². The van der Waals surface area contributed by atoms with Crippen molar-refractivity contribution in [3.05, 3.63) is 60.2 Å². The van der Waals surface area contributed by atoms with Crippen LogP contribution in [0.3, 0.4) is 0 Å². The number of benzene rings is 2. The molecule has 0 unspecified atom stereocenters. The molecule has 120 valence electrons. The molecule has 0 N–H and O–H groups in total. The number of carbonyl (C=O) groups excluding carboxylic acids is 1. The Morgan fingerprint density at radius 1 is 1.09 bits per heavy atom. The van der Waals surface area contributed by atoms with Gasteiger partial charge in [-0.05, 0) is 37.1 Å². The molecule has 0 aromatic heterocycles. The molecule has 0 spiro atoms. The first kappa shape index (κ1) is 15.7. The van der Waals surface area contributed by atoms with Gasteiger partial charge in [0.05, 0.1) is 12.2 Å². The Labute approximate surface area is 136 Å². The van der Waals surface area contributed by atoms with E-state index >= 15 is 0 Å². The fourth-order valence-corrected chi connectivity index (χ4v) is 2.53. The third-order valence-electron chi connectivity index (χ3n) is 3.70. The van der Waals surface area contributed by atoms with Crippen LogP contribution in [-0.4, -0.2) is 31.1 Å². The molecule has 2 aromatic rings. The van der Waals surface area contributed by atoms with Crippen LogP contribution in [0.1, 0.15) is 24.2 Å². The third-order valence-corrected chi connectivity index (χ3v) is 3.70. The second-order valence-electron chi connectivity index (χ2n) is 5.99. The Balaban J connectivity index is 1.58. The molecule has 1 heterocycles. The molecule has 1 saturated heterocycles. The maximum Gasteiger partial charge on any atom is 0.338 e. The molecular formula is C19H20O4. The number of hydrogen-bond acceptors (Lipinski definition) is 4. The molecule has 3 rings (SSSR count). The fraction of sp³-hybridized carbons (Fsp3) is 0.316. The van der Waals surface area contributed by atoms with Crippen molar-refractivity contribution in [3.63, 3.8) is 0 Å². The molecule has 1 atom stereocenters. The van der Waals surface area contributed by atoms with E-state index in [1.807, 2.05) is 56.3 Å². The van der Waals surface area contributed by atoms with Crippen molar-refractivity contribution >= 4 is 5.97 Å². The first-order chi connectivity index (χ1) is 11.0. The highest BCUT2D eigenvalue weighted by atomic mass is 16.7. The van der Waals surface area contributed by atoms with Gasteiger partial charge in [-0.15, -0.1) is 0 Å². The smallest absolute Gasteiger partial charge is 0.338 e. The zero-order valence-electron chi connectivity index (χ0n) is 13.3. The van der Waals surface area contributed by atoms with E-state index in [0.717, 1.165) is 11.1 Å². The van der Waals surface area contributed by atoms with Gasteiger partial charge in [0.25, 0.3) is 0 Å². The lowest BCUT2D eigenvalue weighted by molar-refractivity contribution is -0.142. The average Bonchev–Trinajstić information content (AvgIpc) is 2.93. The van der Waals surface area contributed by atoms with Crippen molar-refractivity contribution in [1.29, 1.82) is 0 Å². The lowest BCUT2D eigenvalue weighted by Gasteiger charge is -2.17. The van der Waals surface area contributed by atoms with Crippen molar-refractivity contribution < 1.29 is 19.0 Å². The first-order valence-electron chi connectivity index (χ1n) is 7.68. The summed E-state index contributed by atoms with van der Waals surface area (Å²) < 4.78 is 16.4. The van der Waals surface area contributed by atoms with E-state index in [4.69, 9.17) is 14.2 Å². The minimum atomic E-state index is -0.603. The van der Waals surface area contributed by atoms with Gasteiger partial charge < -0.3 is 14.2 Å². The van der Waals surface area contributed by atoms with Crippen LogP contribution < -0.4 is 0 Å². The maximum atomic E-state index is 12.1. The Kier molecular flexibility index (Phi) is 4.46. The Morgan fingerprint density at radius 3 is 2.35 bits per heavy atom. The third kappa shape index (κ3) is 3.97. The van der Waals surface area contributed by atoms with Crippen LogP contribution in [0, 0.1) is 0 Å². The van der Waals surface area contributed by atoms with Crippen molar-refractivity contribution in [1.82, 2.24) is 0 Å². The number of carbonyl (C=O) groups is 1. The molecule has 0 amide bonds. The van der Waals surface area contributed by atoms with Crippen molar-refractivity contribution in [2.75, 3.05) is 13.2 Å². The molecule has 0 bridgehead atoms. The van der Waals surface area contributed by atoms with Gasteiger partial charge in [0.15, 0.2) is 5.79 Å². The summed E-state index contributed by atoms with van der Waals surface area (Å²) in [4.78, 5) is 12.1. The highest BCUT2D eigenvalue weighted by Crippen LogP contribution is 2.23. The predicted molar refractivity (Wildman–Crippen MR) is 87.1 cm³/mol. The monoisotopic (exact) mass is 312 g/mol. The van der Waals surface area contributed by atoms with Gasteiger partial charge in [-0.3, -0.25) is 0 Å². The van der Waals surface area contributed by atoms with Gasteiger partial charge in [0.2, 0.25) is 0 Å². The highest BCUT2D eigenvalue weighted by Gasteiger charge is 2.33. The summed E-state index contributed by atoms with van der Waals surface area (Å²) >= 11 is 0. The van der Waals surface area contributed by atoms with Gasteiger partial charge in [-0.1, -0.05) is 42.5 Å². The predicted octanol–water partition coefficient (Wildman–Crippen LogP) is 3.66. The van der Waals surface area contributed by atoms with Gasteiger partial charge in [0.1, 0.15) is 12.7 Å². The van der Waals surface area contributed by atoms with Crippen LogP contribution in [0.4, 0.5) is 0 Å². The summed E-state index contributed by atoms with van der Waals surface area (Å²) in [7, 11) is 0. The maximum absolute atomic E-state index is 12.1. The number of rotatable bonds is 4. The van der Waals surface area contributed by atoms with E-state index < -0.39 is 5.79 Å². The second-order valence-corrected chi connectivity index (χ2v) is 5.99. The van der Waals surface area contributed by atoms with Crippen LogP contribution in [0.25, 0.3) is 11.1 Å². The van der Waals surface area contributed by atoms with E-state index in [2.05, 4.69) is 0 Å². The van der Waals surface area contributed by atoms with Crippen molar-refractivity contribution in [2.24, 2.45) is 0 Å². The SMILES string of the molecule is CC1(C)OC[C@@H](COC(=O)c2ccc(-c3ccccc3)cc2)O1. The van der Waals surface area contributed by atoms with Crippen LogP contribution in [0.15, 0.2) is 54.6 Å². The molecular weight excluding hydrogens is 292 g/mol. The fourth-order valence-electron chi connectivity index (χ4n) is 2.53. The van der Waals surface area contributed by atoms with E-state index in [0.29, 0.717) is 12.2 Å². The number of ether oxygens (including phenoxy) is 3.